The molecule has 5 nitrogen and oxygen atoms in total. The molecule has 5 heteroatoms. The van der Waals surface area contributed by atoms with Gasteiger partial charge in [-0.15, -0.1) is 0 Å². The van der Waals surface area contributed by atoms with E-state index >= 15 is 0 Å². The number of nitrogens with zero attached hydrogens (tertiary/aromatic N) is 2. The van der Waals surface area contributed by atoms with Gasteiger partial charge in [-0.3, -0.25) is 10.4 Å². The number of hydrogen-bond donors (Lipinski definition) is 2. The minimum atomic E-state index is 0.0206. The van der Waals surface area contributed by atoms with Gasteiger partial charge in [0.15, 0.2) is 0 Å². The lowest BCUT2D eigenvalue weighted by molar-refractivity contribution is 0.0440. The first-order valence-corrected chi connectivity index (χ1v) is 6.88. The van der Waals surface area contributed by atoms with E-state index in [0.717, 1.165) is 44.6 Å². The second-order valence-electron chi connectivity index (χ2n) is 4.87. The van der Waals surface area contributed by atoms with Crippen LogP contribution in [0.5, 0.6) is 0 Å². The molecule has 1 aliphatic rings. The van der Waals surface area contributed by atoms with Crippen LogP contribution in [-0.2, 0) is 4.74 Å². The predicted molar refractivity (Wildman–Crippen MR) is 76.7 cm³/mol. The Balaban J connectivity index is 2.11. The van der Waals surface area contributed by atoms with Crippen LogP contribution in [0.4, 0.5) is 5.69 Å². The molecule has 1 unspecified atom stereocenters. The molecule has 1 saturated heterocycles. The maximum Gasteiger partial charge on any atom is 0.143 e. The average Bonchev–Trinajstić information content (AvgIpc) is 2.45. The van der Waals surface area contributed by atoms with E-state index in [0.29, 0.717) is 5.69 Å². The molecule has 1 atom stereocenters. The Labute approximate surface area is 114 Å². The fourth-order valence-corrected chi connectivity index (χ4v) is 2.44. The van der Waals surface area contributed by atoms with E-state index in [9.17, 15) is 0 Å². The highest BCUT2D eigenvalue weighted by atomic mass is 16.5. The zero-order valence-corrected chi connectivity index (χ0v) is 11.4. The maximum atomic E-state index is 7.61. The molecule has 1 aromatic heterocycles. The molecule has 1 aromatic rings. The van der Waals surface area contributed by atoms with Gasteiger partial charge >= 0.3 is 0 Å². The summed E-state index contributed by atoms with van der Waals surface area (Å²) in [5.74, 6) is 0.0206. The van der Waals surface area contributed by atoms with Gasteiger partial charge in [0, 0.05) is 25.9 Å². The SMILES string of the molecule is CCCOC1CCCN(c2cccnc2C(=N)N)C1. The number of amidine groups is 1. The zero-order chi connectivity index (χ0) is 13.7. The highest BCUT2D eigenvalue weighted by Crippen LogP contribution is 2.23. The summed E-state index contributed by atoms with van der Waals surface area (Å²) < 4.78 is 5.84. The van der Waals surface area contributed by atoms with Crippen molar-refractivity contribution >= 4 is 11.5 Å². The topological polar surface area (TPSA) is 75.2 Å². The van der Waals surface area contributed by atoms with E-state index in [2.05, 4.69) is 16.8 Å². The first kappa shape index (κ1) is 13.8. The van der Waals surface area contributed by atoms with Crippen LogP contribution in [-0.4, -0.2) is 36.6 Å². The number of aromatic nitrogens is 1. The molecule has 1 aliphatic heterocycles. The van der Waals surface area contributed by atoms with Crippen LogP contribution in [0.2, 0.25) is 0 Å². The molecule has 2 rings (SSSR count). The highest BCUT2D eigenvalue weighted by Gasteiger charge is 2.23. The van der Waals surface area contributed by atoms with Crippen molar-refractivity contribution in [3.05, 3.63) is 24.0 Å². The predicted octanol–water partition coefficient (Wildman–Crippen LogP) is 1.76. The second kappa shape index (κ2) is 6.52. The third-order valence-electron chi connectivity index (χ3n) is 3.32. The average molecular weight is 262 g/mol. The lowest BCUT2D eigenvalue weighted by Crippen LogP contribution is -2.41. The van der Waals surface area contributed by atoms with Crippen molar-refractivity contribution in [3.8, 4) is 0 Å². The quantitative estimate of drug-likeness (QED) is 0.626. The molecule has 19 heavy (non-hydrogen) atoms. The van der Waals surface area contributed by atoms with Crippen molar-refractivity contribution in [1.82, 2.24) is 4.98 Å². The number of nitrogens with two attached hydrogens (primary N) is 1. The summed E-state index contributed by atoms with van der Waals surface area (Å²) in [5.41, 5.74) is 7.11. The number of pyridine rings is 1. The lowest BCUT2D eigenvalue weighted by atomic mass is 10.1. The first-order valence-electron chi connectivity index (χ1n) is 6.88. The summed E-state index contributed by atoms with van der Waals surface area (Å²) in [6.07, 6.45) is 5.19. The van der Waals surface area contributed by atoms with Crippen molar-refractivity contribution in [3.63, 3.8) is 0 Å². The van der Waals surface area contributed by atoms with E-state index < -0.39 is 0 Å². The first-order chi connectivity index (χ1) is 9.22. The van der Waals surface area contributed by atoms with Gasteiger partial charge in [-0.2, -0.15) is 0 Å². The standard InChI is InChI=1S/C14H22N4O/c1-2-9-19-11-5-4-8-18(10-11)12-6-3-7-17-13(12)14(15)16/h3,6-7,11H,2,4-5,8-10H2,1H3,(H3,15,16). The molecule has 1 fully saturated rings. The highest BCUT2D eigenvalue weighted by molar-refractivity contribution is 5.98. The number of nitrogens with one attached hydrogen (secondary N) is 1. The van der Waals surface area contributed by atoms with Crippen LogP contribution < -0.4 is 10.6 Å². The van der Waals surface area contributed by atoms with Crippen molar-refractivity contribution in [2.75, 3.05) is 24.6 Å². The summed E-state index contributed by atoms with van der Waals surface area (Å²) in [4.78, 5) is 6.44. The van der Waals surface area contributed by atoms with E-state index in [4.69, 9.17) is 15.9 Å². The molecule has 3 N–H and O–H groups in total. The molecule has 0 radical (unpaired) electrons. The second-order valence-corrected chi connectivity index (χ2v) is 4.87. The van der Waals surface area contributed by atoms with Crippen LogP contribution in [0.25, 0.3) is 0 Å². The third-order valence-corrected chi connectivity index (χ3v) is 3.32. The Morgan fingerprint density at radius 1 is 1.63 bits per heavy atom. The summed E-state index contributed by atoms with van der Waals surface area (Å²) in [7, 11) is 0. The van der Waals surface area contributed by atoms with Crippen LogP contribution in [0.15, 0.2) is 18.3 Å². The van der Waals surface area contributed by atoms with Gasteiger partial charge in [-0.25, -0.2) is 0 Å². The largest absolute Gasteiger partial charge is 0.382 e. The third kappa shape index (κ3) is 3.44. The smallest absolute Gasteiger partial charge is 0.143 e. The molecule has 0 bridgehead atoms. The normalized spacial score (nSPS) is 19.4. The maximum absolute atomic E-state index is 7.61. The molecule has 0 amide bonds. The van der Waals surface area contributed by atoms with Gasteiger partial charge in [0.25, 0.3) is 0 Å². The molecule has 0 aromatic carbocycles. The summed E-state index contributed by atoms with van der Waals surface area (Å²) >= 11 is 0. The van der Waals surface area contributed by atoms with Gasteiger partial charge in [-0.05, 0) is 31.4 Å². The molecule has 0 aliphatic carbocycles. The Bertz CT molecular complexity index is 435. The van der Waals surface area contributed by atoms with Crippen LogP contribution in [0.3, 0.4) is 0 Å². The molecule has 104 valence electrons. The molecule has 0 spiro atoms. The number of nitrogen functional groups attached to an aromatic ring is 1. The molecular weight excluding hydrogens is 240 g/mol. The Morgan fingerprint density at radius 3 is 3.21 bits per heavy atom. The van der Waals surface area contributed by atoms with Gasteiger partial charge < -0.3 is 15.4 Å². The minimum absolute atomic E-state index is 0.0206. The molecule has 0 saturated carbocycles. The molecule has 2 heterocycles. The Kier molecular flexibility index (Phi) is 4.74. The van der Waals surface area contributed by atoms with E-state index in [1.54, 1.807) is 6.20 Å². The van der Waals surface area contributed by atoms with E-state index in [-0.39, 0.29) is 11.9 Å². The number of piperidine rings is 1. The number of anilines is 1. The van der Waals surface area contributed by atoms with Crippen LogP contribution >= 0.6 is 0 Å². The Hall–Kier alpha value is -1.62. The fourth-order valence-electron chi connectivity index (χ4n) is 2.44. The summed E-state index contributed by atoms with van der Waals surface area (Å²) in [6, 6.07) is 3.87. The van der Waals surface area contributed by atoms with Crippen LogP contribution in [0.1, 0.15) is 31.9 Å². The summed E-state index contributed by atoms with van der Waals surface area (Å²) in [6.45, 7) is 4.75. The number of ether oxygens (including phenoxy) is 1. The van der Waals surface area contributed by atoms with Crippen molar-refractivity contribution in [2.24, 2.45) is 5.73 Å². The summed E-state index contributed by atoms with van der Waals surface area (Å²) in [5, 5.41) is 7.61. The van der Waals surface area contributed by atoms with Crippen molar-refractivity contribution in [1.29, 1.82) is 5.41 Å². The van der Waals surface area contributed by atoms with Crippen LogP contribution in [0, 0.1) is 5.41 Å². The van der Waals surface area contributed by atoms with Crippen molar-refractivity contribution in [2.45, 2.75) is 32.3 Å². The lowest BCUT2D eigenvalue weighted by Gasteiger charge is -2.34. The van der Waals surface area contributed by atoms with Gasteiger partial charge in [0.1, 0.15) is 11.5 Å². The fraction of sp³-hybridized carbons (Fsp3) is 0.571. The zero-order valence-electron chi connectivity index (χ0n) is 11.4. The van der Waals surface area contributed by atoms with E-state index in [1.807, 2.05) is 12.1 Å². The van der Waals surface area contributed by atoms with Gasteiger partial charge in [0.2, 0.25) is 0 Å². The molecular formula is C14H22N4O. The van der Waals surface area contributed by atoms with Gasteiger partial charge in [-0.1, -0.05) is 6.92 Å². The minimum Gasteiger partial charge on any atom is -0.382 e. The monoisotopic (exact) mass is 262 g/mol. The number of rotatable bonds is 5. The van der Waals surface area contributed by atoms with Crippen molar-refractivity contribution < 1.29 is 4.74 Å². The van der Waals surface area contributed by atoms with Gasteiger partial charge in [0.05, 0.1) is 11.8 Å². The Morgan fingerprint density at radius 2 is 2.47 bits per heavy atom. The van der Waals surface area contributed by atoms with E-state index in [1.165, 1.54) is 0 Å². The number of hydrogen-bond acceptors (Lipinski definition) is 4.